The van der Waals surface area contributed by atoms with Gasteiger partial charge in [0, 0.05) is 26.4 Å². The van der Waals surface area contributed by atoms with Crippen LogP contribution in [0, 0.1) is 5.92 Å². The molecule has 1 atom stereocenters. The number of hydrogen-bond donors (Lipinski definition) is 0. The number of amidine groups is 1. The van der Waals surface area contributed by atoms with E-state index in [1.807, 2.05) is 19.1 Å². The minimum Gasteiger partial charge on any atom is -0.486 e. The zero-order chi connectivity index (χ0) is 19.1. The fourth-order valence-corrected chi connectivity index (χ4v) is 3.36. The molecule has 0 N–H and O–H groups in total. The zero-order valence-electron chi connectivity index (χ0n) is 15.4. The van der Waals surface area contributed by atoms with Crippen LogP contribution < -0.4 is 9.47 Å². The summed E-state index contributed by atoms with van der Waals surface area (Å²) in [5.41, 5.74) is 2.13. The molecule has 0 aliphatic carbocycles. The average Bonchev–Trinajstić information content (AvgIpc) is 2.70. The van der Waals surface area contributed by atoms with Crippen molar-refractivity contribution >= 4 is 29.2 Å². The highest BCUT2D eigenvalue weighted by Gasteiger charge is 2.45. The zero-order valence-corrected chi connectivity index (χ0v) is 15.4. The van der Waals surface area contributed by atoms with E-state index in [4.69, 9.17) is 14.5 Å². The number of carbonyl (C=O) groups is 2. The largest absolute Gasteiger partial charge is 0.486 e. The summed E-state index contributed by atoms with van der Waals surface area (Å²) in [6, 6.07) is 5.03. The van der Waals surface area contributed by atoms with Gasteiger partial charge in [0.25, 0.3) is 0 Å². The van der Waals surface area contributed by atoms with Gasteiger partial charge in [-0.15, -0.1) is 0 Å². The van der Waals surface area contributed by atoms with Crippen molar-refractivity contribution in [1.82, 2.24) is 9.80 Å². The van der Waals surface area contributed by atoms with Gasteiger partial charge in [-0.2, -0.15) is 0 Å². The lowest BCUT2D eigenvalue weighted by atomic mass is 9.89. The lowest BCUT2D eigenvalue weighted by Crippen LogP contribution is -2.59. The number of aliphatic imine (C=N–C) groups is 2. The van der Waals surface area contributed by atoms with Crippen molar-refractivity contribution < 1.29 is 19.1 Å². The van der Waals surface area contributed by atoms with Crippen molar-refractivity contribution in [2.75, 3.05) is 27.3 Å². The quantitative estimate of drug-likeness (QED) is 0.802. The maximum absolute atomic E-state index is 12.9. The Kier molecular flexibility index (Phi) is 4.18. The maximum atomic E-state index is 12.9. The lowest BCUT2D eigenvalue weighted by Gasteiger charge is -2.37. The van der Waals surface area contributed by atoms with E-state index in [1.165, 1.54) is 11.9 Å². The Labute approximate surface area is 156 Å². The third-order valence-corrected chi connectivity index (χ3v) is 4.86. The predicted octanol–water partition coefficient (Wildman–Crippen LogP) is 2.38. The number of benzene rings is 1. The molecule has 1 saturated heterocycles. The molecule has 1 fully saturated rings. The molecule has 0 saturated carbocycles. The lowest BCUT2D eigenvalue weighted by molar-refractivity contribution is -0.128. The minimum absolute atomic E-state index is 0.327. The van der Waals surface area contributed by atoms with E-state index in [2.05, 4.69) is 4.99 Å². The summed E-state index contributed by atoms with van der Waals surface area (Å²) in [4.78, 5) is 36.7. The highest BCUT2D eigenvalue weighted by molar-refractivity contribution is 6.33. The van der Waals surface area contributed by atoms with E-state index in [9.17, 15) is 9.59 Å². The molecule has 0 spiro atoms. The van der Waals surface area contributed by atoms with Crippen LogP contribution in [0.4, 0.5) is 10.5 Å². The Morgan fingerprint density at radius 1 is 1.15 bits per heavy atom. The van der Waals surface area contributed by atoms with Crippen LogP contribution >= 0.6 is 0 Å². The molecule has 3 aliphatic rings. The van der Waals surface area contributed by atoms with Crippen LogP contribution in [0.5, 0.6) is 11.5 Å². The Hall–Kier alpha value is -3.16. The van der Waals surface area contributed by atoms with Gasteiger partial charge in [-0.05, 0) is 24.1 Å². The first-order valence-electron chi connectivity index (χ1n) is 8.82. The van der Waals surface area contributed by atoms with Crippen LogP contribution in [0.2, 0.25) is 0 Å². The summed E-state index contributed by atoms with van der Waals surface area (Å²) >= 11 is 0. The van der Waals surface area contributed by atoms with Crippen LogP contribution in [0.1, 0.15) is 13.3 Å². The molecule has 8 nitrogen and oxygen atoms in total. The number of allylic oxidation sites excluding steroid dienone is 1. The van der Waals surface area contributed by atoms with Crippen LogP contribution in [0.25, 0.3) is 0 Å². The predicted molar refractivity (Wildman–Crippen MR) is 99.8 cm³/mol. The van der Waals surface area contributed by atoms with Crippen molar-refractivity contribution in [3.63, 3.8) is 0 Å². The Bertz CT molecular complexity index is 918. The average molecular weight is 368 g/mol. The van der Waals surface area contributed by atoms with E-state index in [0.29, 0.717) is 48.4 Å². The molecule has 1 unspecified atom stereocenters. The van der Waals surface area contributed by atoms with E-state index in [-0.39, 0.29) is 5.91 Å². The number of ether oxygens (including phenoxy) is 2. The molecular formula is C19H20N4O4. The van der Waals surface area contributed by atoms with Crippen LogP contribution in [-0.2, 0) is 4.79 Å². The first-order chi connectivity index (χ1) is 13.0. The van der Waals surface area contributed by atoms with Gasteiger partial charge >= 0.3 is 6.03 Å². The molecule has 0 bridgehead atoms. The van der Waals surface area contributed by atoms with Crippen molar-refractivity contribution in [2.45, 2.75) is 13.3 Å². The second-order valence-corrected chi connectivity index (χ2v) is 6.49. The number of imide groups is 1. The van der Waals surface area contributed by atoms with Crippen LogP contribution in [0.15, 0.2) is 40.0 Å². The number of amides is 3. The van der Waals surface area contributed by atoms with Crippen molar-refractivity contribution in [2.24, 2.45) is 15.9 Å². The summed E-state index contributed by atoms with van der Waals surface area (Å²) < 4.78 is 11.2. The van der Waals surface area contributed by atoms with Gasteiger partial charge in [-0.1, -0.05) is 6.92 Å². The third-order valence-electron chi connectivity index (χ3n) is 4.86. The minimum atomic E-state index is -0.703. The Morgan fingerprint density at radius 2 is 1.89 bits per heavy atom. The van der Waals surface area contributed by atoms with Gasteiger partial charge in [-0.25, -0.2) is 9.79 Å². The molecule has 0 aromatic heterocycles. The second kappa shape index (κ2) is 6.53. The number of nitrogens with zero attached hydrogens (tertiary/aromatic N) is 4. The SMILES string of the molecule is CCC1=CN=C2C(C(=O)N(C)C(=O)N2C)C1=Nc1ccc2c(c1)OCCO2. The van der Waals surface area contributed by atoms with E-state index in [1.54, 1.807) is 19.3 Å². The first kappa shape index (κ1) is 17.3. The number of rotatable bonds is 2. The number of fused-ring (bicyclic) bond motifs is 2. The van der Waals surface area contributed by atoms with E-state index >= 15 is 0 Å². The summed E-state index contributed by atoms with van der Waals surface area (Å²) in [7, 11) is 3.09. The van der Waals surface area contributed by atoms with Crippen molar-refractivity contribution in [3.8, 4) is 11.5 Å². The van der Waals surface area contributed by atoms with Gasteiger partial charge in [0.05, 0.1) is 11.4 Å². The van der Waals surface area contributed by atoms with Crippen LogP contribution in [0.3, 0.4) is 0 Å². The van der Waals surface area contributed by atoms with Gasteiger partial charge in [0.2, 0.25) is 5.91 Å². The fourth-order valence-electron chi connectivity index (χ4n) is 3.36. The molecule has 1 aromatic carbocycles. The highest BCUT2D eigenvalue weighted by Crippen LogP contribution is 2.35. The monoisotopic (exact) mass is 368 g/mol. The summed E-state index contributed by atoms with van der Waals surface area (Å²) in [5.74, 6) is 0.685. The molecule has 27 heavy (non-hydrogen) atoms. The number of urea groups is 1. The molecule has 4 rings (SSSR count). The second-order valence-electron chi connectivity index (χ2n) is 6.49. The van der Waals surface area contributed by atoms with Gasteiger partial charge in [0.15, 0.2) is 11.5 Å². The third kappa shape index (κ3) is 2.77. The highest BCUT2D eigenvalue weighted by atomic mass is 16.6. The topological polar surface area (TPSA) is 83.8 Å². The summed E-state index contributed by atoms with van der Waals surface area (Å²) in [5, 5.41) is 0. The smallest absolute Gasteiger partial charge is 0.331 e. The molecule has 1 aromatic rings. The molecule has 8 heteroatoms. The maximum Gasteiger partial charge on any atom is 0.331 e. The Morgan fingerprint density at radius 3 is 2.63 bits per heavy atom. The van der Waals surface area contributed by atoms with Crippen LogP contribution in [-0.4, -0.2) is 60.6 Å². The number of hydrogen-bond acceptors (Lipinski definition) is 6. The molecule has 3 heterocycles. The molecule has 3 amide bonds. The van der Waals surface area contributed by atoms with Gasteiger partial charge in [0.1, 0.15) is 25.0 Å². The molecule has 3 aliphatic heterocycles. The fraction of sp³-hybridized carbons (Fsp3) is 0.368. The van der Waals surface area contributed by atoms with Crippen molar-refractivity contribution in [3.05, 3.63) is 30.0 Å². The first-order valence-corrected chi connectivity index (χ1v) is 8.82. The Balaban J connectivity index is 1.79. The standard InChI is InChI=1S/C19H20N4O4/c1-4-11-10-20-17-15(18(24)23(3)19(25)22(17)2)16(11)21-12-5-6-13-14(9-12)27-8-7-26-13/h5-6,9-10,15H,4,7-8H2,1-3H3. The van der Waals surface area contributed by atoms with Crippen molar-refractivity contribution in [1.29, 1.82) is 0 Å². The molecule has 0 radical (unpaired) electrons. The summed E-state index contributed by atoms with van der Waals surface area (Å²) in [6.45, 7) is 2.99. The molecule has 140 valence electrons. The van der Waals surface area contributed by atoms with Gasteiger partial charge in [-0.3, -0.25) is 19.6 Å². The van der Waals surface area contributed by atoms with Gasteiger partial charge < -0.3 is 9.47 Å². The van der Waals surface area contributed by atoms with E-state index in [0.717, 1.165) is 10.5 Å². The molecular weight excluding hydrogens is 348 g/mol. The number of carbonyl (C=O) groups excluding carboxylic acids is 2. The normalized spacial score (nSPS) is 23.2. The van der Waals surface area contributed by atoms with E-state index < -0.39 is 11.9 Å². The summed E-state index contributed by atoms with van der Waals surface area (Å²) in [6.07, 6.45) is 2.36.